The van der Waals surface area contributed by atoms with E-state index in [9.17, 15) is 19.5 Å². The average molecular weight is 388 g/mol. The first-order valence-electron chi connectivity index (χ1n) is 9.87. The quantitative estimate of drug-likeness (QED) is 0.834. The first kappa shape index (κ1) is 20.2. The predicted molar refractivity (Wildman–Crippen MR) is 103 cm³/mol. The van der Waals surface area contributed by atoms with Crippen molar-refractivity contribution in [2.75, 3.05) is 32.8 Å². The number of carboxylic acid groups (broad SMARTS) is 1. The Bertz CT molecular complexity index is 723. The molecule has 2 amide bonds. The second kappa shape index (κ2) is 8.63. The molecule has 1 N–H and O–H groups in total. The van der Waals surface area contributed by atoms with Crippen LogP contribution in [0.5, 0.6) is 5.75 Å². The molecule has 0 aliphatic carbocycles. The molecule has 7 heteroatoms. The molecule has 3 rings (SSSR count). The molecule has 152 valence electrons. The van der Waals surface area contributed by atoms with E-state index in [1.54, 1.807) is 28.9 Å². The number of ether oxygens (including phenoxy) is 1. The molecular formula is C21H28N2O5. The van der Waals surface area contributed by atoms with E-state index in [4.69, 9.17) is 4.74 Å². The van der Waals surface area contributed by atoms with E-state index in [1.165, 1.54) is 0 Å². The molecule has 2 aliphatic heterocycles. The third-order valence-corrected chi connectivity index (χ3v) is 5.75. The molecule has 1 aromatic rings. The number of likely N-dealkylation sites (tertiary alicyclic amines) is 2. The standard InChI is InChI=1S/C21H28N2O5/c1-21(20(26)27)10-6-12-23(15-21)19(25)16-7-5-11-22(13-16)18(24)14-28-17-8-3-2-4-9-17/h2-4,8-9,16H,5-7,10-15H2,1H3,(H,26,27). The molecule has 2 fully saturated rings. The Labute approximate surface area is 165 Å². The Morgan fingerprint density at radius 1 is 1.14 bits per heavy atom. The Morgan fingerprint density at radius 3 is 2.57 bits per heavy atom. The van der Waals surface area contributed by atoms with Gasteiger partial charge in [-0.3, -0.25) is 14.4 Å². The molecule has 2 aliphatic rings. The molecule has 1 aromatic carbocycles. The van der Waals surface area contributed by atoms with Crippen molar-refractivity contribution in [3.05, 3.63) is 30.3 Å². The Morgan fingerprint density at radius 2 is 1.86 bits per heavy atom. The van der Waals surface area contributed by atoms with Crippen molar-refractivity contribution in [1.29, 1.82) is 0 Å². The lowest BCUT2D eigenvalue weighted by atomic mass is 9.81. The lowest BCUT2D eigenvalue weighted by molar-refractivity contribution is -0.155. The maximum atomic E-state index is 13.0. The minimum Gasteiger partial charge on any atom is -0.484 e. The van der Waals surface area contributed by atoms with Gasteiger partial charge in [0, 0.05) is 26.2 Å². The van der Waals surface area contributed by atoms with Gasteiger partial charge in [-0.15, -0.1) is 0 Å². The molecule has 2 unspecified atom stereocenters. The van der Waals surface area contributed by atoms with E-state index in [2.05, 4.69) is 0 Å². The van der Waals surface area contributed by atoms with Gasteiger partial charge in [0.05, 0.1) is 11.3 Å². The Balaban J connectivity index is 1.55. The van der Waals surface area contributed by atoms with Gasteiger partial charge in [-0.25, -0.2) is 0 Å². The van der Waals surface area contributed by atoms with Gasteiger partial charge in [0.1, 0.15) is 5.75 Å². The van der Waals surface area contributed by atoms with Gasteiger partial charge in [0.15, 0.2) is 6.61 Å². The average Bonchev–Trinajstić information content (AvgIpc) is 2.72. The van der Waals surface area contributed by atoms with Crippen molar-refractivity contribution in [1.82, 2.24) is 9.80 Å². The van der Waals surface area contributed by atoms with Crippen LogP contribution in [0.1, 0.15) is 32.6 Å². The maximum absolute atomic E-state index is 13.0. The third-order valence-electron chi connectivity index (χ3n) is 5.75. The van der Waals surface area contributed by atoms with Crippen molar-refractivity contribution in [2.45, 2.75) is 32.6 Å². The molecule has 7 nitrogen and oxygen atoms in total. The second-order valence-electron chi connectivity index (χ2n) is 8.01. The summed E-state index contributed by atoms with van der Waals surface area (Å²) in [5.74, 6) is -0.653. The summed E-state index contributed by atoms with van der Waals surface area (Å²) < 4.78 is 5.53. The van der Waals surface area contributed by atoms with E-state index in [0.29, 0.717) is 38.2 Å². The van der Waals surface area contributed by atoms with Crippen molar-refractivity contribution < 1.29 is 24.2 Å². The fourth-order valence-corrected chi connectivity index (χ4v) is 4.02. The summed E-state index contributed by atoms with van der Waals surface area (Å²) in [6, 6.07) is 9.17. The summed E-state index contributed by atoms with van der Waals surface area (Å²) in [7, 11) is 0. The van der Waals surface area contributed by atoms with Crippen LogP contribution in [0.3, 0.4) is 0 Å². The van der Waals surface area contributed by atoms with Crippen molar-refractivity contribution >= 4 is 17.8 Å². The smallest absolute Gasteiger partial charge is 0.311 e. The van der Waals surface area contributed by atoms with Gasteiger partial charge in [-0.1, -0.05) is 18.2 Å². The van der Waals surface area contributed by atoms with E-state index >= 15 is 0 Å². The maximum Gasteiger partial charge on any atom is 0.311 e. The SMILES string of the molecule is CC1(C(=O)O)CCCN(C(=O)C2CCCN(C(=O)COc3ccccc3)C2)C1. The zero-order chi connectivity index (χ0) is 20.1. The first-order chi connectivity index (χ1) is 13.4. The monoisotopic (exact) mass is 388 g/mol. The molecule has 0 saturated carbocycles. The Kier molecular flexibility index (Phi) is 6.21. The van der Waals surface area contributed by atoms with Crippen LogP contribution in [0, 0.1) is 11.3 Å². The number of nitrogens with zero attached hydrogens (tertiary/aromatic N) is 2. The van der Waals surface area contributed by atoms with Crippen molar-refractivity contribution in [2.24, 2.45) is 11.3 Å². The summed E-state index contributed by atoms with van der Waals surface area (Å²) in [5, 5.41) is 9.47. The lowest BCUT2D eigenvalue weighted by Gasteiger charge is -2.40. The van der Waals surface area contributed by atoms with Gasteiger partial charge >= 0.3 is 5.97 Å². The van der Waals surface area contributed by atoms with Crippen LogP contribution in [0.4, 0.5) is 0 Å². The van der Waals surface area contributed by atoms with E-state index in [1.807, 2.05) is 18.2 Å². The van der Waals surface area contributed by atoms with Crippen molar-refractivity contribution in [3.8, 4) is 5.75 Å². The van der Waals surface area contributed by atoms with Crippen LogP contribution in [0.2, 0.25) is 0 Å². The minimum absolute atomic E-state index is 0.0337. The number of hydrogen-bond donors (Lipinski definition) is 1. The highest BCUT2D eigenvalue weighted by molar-refractivity contribution is 5.83. The summed E-state index contributed by atoms with van der Waals surface area (Å²) in [5.41, 5.74) is -0.887. The van der Waals surface area contributed by atoms with Gasteiger partial charge in [-0.2, -0.15) is 0 Å². The zero-order valence-electron chi connectivity index (χ0n) is 16.3. The first-order valence-corrected chi connectivity index (χ1v) is 9.87. The summed E-state index contributed by atoms with van der Waals surface area (Å²) in [6.45, 7) is 3.47. The fraction of sp³-hybridized carbons (Fsp3) is 0.571. The third kappa shape index (κ3) is 4.64. The van der Waals surface area contributed by atoms with Gasteiger partial charge in [-0.05, 0) is 44.7 Å². The number of carbonyl (C=O) groups excluding carboxylic acids is 2. The number of aliphatic carboxylic acids is 1. The molecular weight excluding hydrogens is 360 g/mol. The predicted octanol–water partition coefficient (Wildman–Crippen LogP) is 2.02. The number of hydrogen-bond acceptors (Lipinski definition) is 4. The van der Waals surface area contributed by atoms with Crippen LogP contribution >= 0.6 is 0 Å². The molecule has 0 aromatic heterocycles. The molecule has 2 saturated heterocycles. The van der Waals surface area contributed by atoms with E-state index in [-0.39, 0.29) is 30.9 Å². The largest absolute Gasteiger partial charge is 0.484 e. The second-order valence-corrected chi connectivity index (χ2v) is 8.01. The van der Waals surface area contributed by atoms with Crippen LogP contribution in [0.25, 0.3) is 0 Å². The number of para-hydroxylation sites is 1. The van der Waals surface area contributed by atoms with E-state index < -0.39 is 11.4 Å². The highest BCUT2D eigenvalue weighted by atomic mass is 16.5. The topological polar surface area (TPSA) is 87.2 Å². The fourth-order valence-electron chi connectivity index (χ4n) is 4.02. The molecule has 0 spiro atoms. The zero-order valence-corrected chi connectivity index (χ0v) is 16.3. The van der Waals surface area contributed by atoms with Gasteiger partial charge in [0.25, 0.3) is 5.91 Å². The van der Waals surface area contributed by atoms with Gasteiger partial charge < -0.3 is 19.6 Å². The number of benzene rings is 1. The van der Waals surface area contributed by atoms with Crippen LogP contribution in [0.15, 0.2) is 30.3 Å². The summed E-state index contributed by atoms with van der Waals surface area (Å²) in [4.78, 5) is 40.4. The number of carboxylic acids is 1. The molecule has 0 bridgehead atoms. The Hall–Kier alpha value is -2.57. The molecule has 2 atom stereocenters. The summed E-state index contributed by atoms with van der Waals surface area (Å²) in [6.07, 6.45) is 2.76. The highest BCUT2D eigenvalue weighted by Crippen LogP contribution is 2.31. The van der Waals surface area contributed by atoms with Crippen molar-refractivity contribution in [3.63, 3.8) is 0 Å². The lowest BCUT2D eigenvalue weighted by Crippen LogP contribution is -2.53. The van der Waals surface area contributed by atoms with Crippen LogP contribution in [-0.2, 0) is 14.4 Å². The molecule has 2 heterocycles. The van der Waals surface area contributed by atoms with E-state index in [0.717, 1.165) is 12.8 Å². The number of rotatable bonds is 5. The summed E-state index contributed by atoms with van der Waals surface area (Å²) >= 11 is 0. The highest BCUT2D eigenvalue weighted by Gasteiger charge is 2.41. The van der Waals surface area contributed by atoms with Crippen LogP contribution in [-0.4, -0.2) is 65.5 Å². The number of amides is 2. The van der Waals surface area contributed by atoms with Gasteiger partial charge in [0.2, 0.25) is 5.91 Å². The van der Waals surface area contributed by atoms with Crippen LogP contribution < -0.4 is 4.74 Å². The minimum atomic E-state index is -0.887. The normalized spacial score (nSPS) is 25.2. The molecule has 0 radical (unpaired) electrons. The number of piperidine rings is 2. The molecule has 28 heavy (non-hydrogen) atoms. The number of carbonyl (C=O) groups is 3.